The molecule has 2 aromatic carbocycles. The fourth-order valence-corrected chi connectivity index (χ4v) is 2.71. The van der Waals surface area contributed by atoms with Crippen molar-refractivity contribution in [3.8, 4) is 28.8 Å². The zero-order valence-corrected chi connectivity index (χ0v) is 13.8. The number of phenols is 2. The highest BCUT2D eigenvalue weighted by molar-refractivity contribution is 5.61. The SMILES string of the molecule is Oc1ccc(-c2nnc3cncc(OCCc4cccc(O)c4)n23)cc1. The smallest absolute Gasteiger partial charge is 0.220 e. The molecule has 7 nitrogen and oxygen atoms in total. The van der Waals surface area contributed by atoms with Crippen LogP contribution in [0.4, 0.5) is 0 Å². The summed E-state index contributed by atoms with van der Waals surface area (Å²) in [6.07, 6.45) is 3.86. The van der Waals surface area contributed by atoms with Crippen LogP contribution >= 0.6 is 0 Å². The van der Waals surface area contributed by atoms with E-state index in [-0.39, 0.29) is 11.5 Å². The lowest BCUT2D eigenvalue weighted by Gasteiger charge is -2.09. The van der Waals surface area contributed by atoms with Gasteiger partial charge in [-0.2, -0.15) is 0 Å². The zero-order valence-electron chi connectivity index (χ0n) is 13.8. The first-order chi connectivity index (χ1) is 12.7. The second-order valence-electron chi connectivity index (χ2n) is 5.78. The van der Waals surface area contributed by atoms with Crippen LogP contribution in [-0.2, 0) is 6.42 Å². The van der Waals surface area contributed by atoms with Gasteiger partial charge in [0.25, 0.3) is 0 Å². The minimum absolute atomic E-state index is 0.187. The van der Waals surface area contributed by atoms with E-state index in [9.17, 15) is 10.2 Å². The number of fused-ring (bicyclic) bond motifs is 1. The Balaban J connectivity index is 1.60. The summed E-state index contributed by atoms with van der Waals surface area (Å²) in [7, 11) is 0. The van der Waals surface area contributed by atoms with Crippen LogP contribution in [0.25, 0.3) is 17.0 Å². The van der Waals surface area contributed by atoms with E-state index < -0.39 is 0 Å². The molecule has 0 radical (unpaired) electrons. The molecule has 0 fully saturated rings. The lowest BCUT2D eigenvalue weighted by Crippen LogP contribution is -2.06. The van der Waals surface area contributed by atoms with E-state index in [0.29, 0.717) is 30.4 Å². The molecule has 4 rings (SSSR count). The van der Waals surface area contributed by atoms with Gasteiger partial charge in [0.1, 0.15) is 11.5 Å². The molecule has 0 saturated carbocycles. The molecular formula is C19H16N4O3. The van der Waals surface area contributed by atoms with Crippen LogP contribution in [0.2, 0.25) is 0 Å². The van der Waals surface area contributed by atoms with E-state index in [1.807, 2.05) is 6.07 Å². The van der Waals surface area contributed by atoms with Crippen molar-refractivity contribution in [1.29, 1.82) is 0 Å². The van der Waals surface area contributed by atoms with E-state index in [1.54, 1.807) is 59.3 Å². The summed E-state index contributed by atoms with van der Waals surface area (Å²) < 4.78 is 7.68. The zero-order chi connectivity index (χ0) is 17.9. The van der Waals surface area contributed by atoms with Gasteiger partial charge in [0.05, 0.1) is 19.0 Å². The van der Waals surface area contributed by atoms with Crippen LogP contribution in [0.3, 0.4) is 0 Å². The predicted octanol–water partition coefficient (Wildman–Crippen LogP) is 2.82. The highest BCUT2D eigenvalue weighted by Crippen LogP contribution is 2.24. The number of rotatable bonds is 5. The molecule has 0 saturated heterocycles. The van der Waals surface area contributed by atoms with E-state index in [2.05, 4.69) is 15.2 Å². The molecule has 0 aliphatic carbocycles. The van der Waals surface area contributed by atoms with Gasteiger partial charge in [0.2, 0.25) is 5.88 Å². The molecule has 2 N–H and O–H groups in total. The molecule has 2 aromatic heterocycles. The monoisotopic (exact) mass is 348 g/mol. The average Bonchev–Trinajstić information content (AvgIpc) is 3.07. The van der Waals surface area contributed by atoms with Gasteiger partial charge in [0.15, 0.2) is 11.5 Å². The lowest BCUT2D eigenvalue weighted by molar-refractivity contribution is 0.304. The van der Waals surface area contributed by atoms with Crippen molar-refractivity contribution in [3.05, 3.63) is 66.5 Å². The highest BCUT2D eigenvalue weighted by atomic mass is 16.5. The van der Waals surface area contributed by atoms with Gasteiger partial charge in [0, 0.05) is 12.0 Å². The van der Waals surface area contributed by atoms with Gasteiger partial charge < -0.3 is 14.9 Å². The number of nitrogens with zero attached hydrogens (tertiary/aromatic N) is 4. The Labute approximate surface area is 149 Å². The summed E-state index contributed by atoms with van der Waals surface area (Å²) in [5.41, 5.74) is 2.36. The molecular weight excluding hydrogens is 332 g/mol. The van der Waals surface area contributed by atoms with Gasteiger partial charge in [-0.25, -0.2) is 4.40 Å². The molecule has 0 aliphatic rings. The Morgan fingerprint density at radius 1 is 0.923 bits per heavy atom. The third-order valence-electron chi connectivity index (χ3n) is 3.96. The summed E-state index contributed by atoms with van der Waals surface area (Å²) in [5.74, 6) is 1.55. The number of ether oxygens (including phenoxy) is 1. The summed E-state index contributed by atoms with van der Waals surface area (Å²) in [6.45, 7) is 0.414. The molecule has 0 spiro atoms. The van der Waals surface area contributed by atoms with Crippen LogP contribution in [-0.4, -0.2) is 36.4 Å². The maximum Gasteiger partial charge on any atom is 0.220 e. The van der Waals surface area contributed by atoms with Gasteiger partial charge >= 0.3 is 0 Å². The van der Waals surface area contributed by atoms with E-state index in [1.165, 1.54) is 0 Å². The fraction of sp³-hybridized carbons (Fsp3) is 0.105. The second kappa shape index (κ2) is 6.72. The molecule has 7 heteroatoms. The van der Waals surface area contributed by atoms with E-state index >= 15 is 0 Å². The van der Waals surface area contributed by atoms with Crippen molar-refractivity contribution in [1.82, 2.24) is 19.6 Å². The molecule has 2 heterocycles. The Kier molecular flexibility index (Phi) is 4.10. The quantitative estimate of drug-likeness (QED) is 0.576. The molecule has 4 aromatic rings. The first-order valence-corrected chi connectivity index (χ1v) is 8.10. The van der Waals surface area contributed by atoms with Crippen molar-refractivity contribution in [2.24, 2.45) is 0 Å². The summed E-state index contributed by atoms with van der Waals surface area (Å²) in [4.78, 5) is 4.15. The number of aromatic hydroxyl groups is 2. The van der Waals surface area contributed by atoms with Crippen LogP contribution in [0, 0.1) is 0 Å². The molecule has 130 valence electrons. The van der Waals surface area contributed by atoms with Crippen molar-refractivity contribution < 1.29 is 14.9 Å². The number of benzene rings is 2. The van der Waals surface area contributed by atoms with E-state index in [0.717, 1.165) is 11.1 Å². The first-order valence-electron chi connectivity index (χ1n) is 8.10. The van der Waals surface area contributed by atoms with Crippen LogP contribution in [0.1, 0.15) is 5.56 Å². The van der Waals surface area contributed by atoms with Crippen molar-refractivity contribution in [2.75, 3.05) is 6.61 Å². The maximum absolute atomic E-state index is 9.54. The van der Waals surface area contributed by atoms with Gasteiger partial charge in [-0.05, 0) is 42.0 Å². The standard InChI is InChI=1S/C19H16N4O3/c24-15-6-4-14(5-7-15)19-22-21-17-11-20-12-18(23(17)19)26-9-8-13-2-1-3-16(25)10-13/h1-7,10-12,24-25H,8-9H2. The number of hydrogen-bond donors (Lipinski definition) is 2. The third-order valence-corrected chi connectivity index (χ3v) is 3.96. The molecule has 26 heavy (non-hydrogen) atoms. The topological polar surface area (TPSA) is 92.8 Å². The molecule has 0 unspecified atom stereocenters. The lowest BCUT2D eigenvalue weighted by atomic mass is 10.1. The van der Waals surface area contributed by atoms with Crippen molar-refractivity contribution in [3.63, 3.8) is 0 Å². The summed E-state index contributed by atoms with van der Waals surface area (Å²) in [6, 6.07) is 13.8. The van der Waals surface area contributed by atoms with Gasteiger partial charge in [-0.3, -0.25) is 4.98 Å². The van der Waals surface area contributed by atoms with Crippen LogP contribution in [0.15, 0.2) is 60.9 Å². The minimum atomic E-state index is 0.187. The second-order valence-corrected chi connectivity index (χ2v) is 5.78. The largest absolute Gasteiger partial charge is 0.508 e. The molecule has 0 atom stereocenters. The summed E-state index contributed by atoms with van der Waals surface area (Å²) >= 11 is 0. The van der Waals surface area contributed by atoms with Crippen LogP contribution < -0.4 is 4.74 Å². The van der Waals surface area contributed by atoms with E-state index in [4.69, 9.17) is 4.74 Å². The Morgan fingerprint density at radius 3 is 2.58 bits per heavy atom. The van der Waals surface area contributed by atoms with Crippen molar-refractivity contribution in [2.45, 2.75) is 6.42 Å². The Morgan fingerprint density at radius 2 is 1.77 bits per heavy atom. The normalized spacial score (nSPS) is 10.9. The fourth-order valence-electron chi connectivity index (χ4n) is 2.71. The Bertz CT molecular complexity index is 1040. The average molecular weight is 348 g/mol. The Hall–Kier alpha value is -3.61. The molecule has 0 aliphatic heterocycles. The number of aromatic nitrogens is 4. The highest BCUT2D eigenvalue weighted by Gasteiger charge is 2.13. The van der Waals surface area contributed by atoms with Gasteiger partial charge in [-0.1, -0.05) is 12.1 Å². The number of hydrogen-bond acceptors (Lipinski definition) is 6. The third kappa shape index (κ3) is 3.14. The summed E-state index contributed by atoms with van der Waals surface area (Å²) in [5, 5.41) is 27.3. The maximum atomic E-state index is 9.54. The number of phenolic OH excluding ortho intramolecular Hbond substituents is 2. The predicted molar refractivity (Wildman–Crippen MR) is 95.2 cm³/mol. The minimum Gasteiger partial charge on any atom is -0.508 e. The van der Waals surface area contributed by atoms with Gasteiger partial charge in [-0.15, -0.1) is 10.2 Å². The molecule has 0 amide bonds. The van der Waals surface area contributed by atoms with Crippen LogP contribution in [0.5, 0.6) is 17.4 Å². The van der Waals surface area contributed by atoms with Crippen molar-refractivity contribution >= 4 is 5.65 Å². The first kappa shape index (κ1) is 15.9. The molecule has 0 bridgehead atoms.